The lowest BCUT2D eigenvalue weighted by atomic mass is 10.1. The maximum absolute atomic E-state index is 12.4. The Bertz CT molecular complexity index is 509. The minimum absolute atomic E-state index is 0.0154. The van der Waals surface area contributed by atoms with Gasteiger partial charge >= 0.3 is 6.61 Å². The predicted octanol–water partition coefficient (Wildman–Crippen LogP) is 3.02. The number of rotatable bonds is 11. The van der Waals surface area contributed by atoms with Gasteiger partial charge in [-0.1, -0.05) is 19.9 Å². The summed E-state index contributed by atoms with van der Waals surface area (Å²) in [5, 5.41) is 2.77. The standard InChI is InChI=1S/C17H25F2NO4/c1-12(2)11-23-9-7-16(21)20-8-6-13-4-5-14(22-3)15(10-13)24-17(18)19/h4-5,10,12,17H,6-9,11H2,1-3H3,(H,20,21). The third kappa shape index (κ3) is 8.10. The number of carbonyl (C=O) groups excluding carboxylic acids is 1. The molecule has 1 N–H and O–H groups in total. The van der Waals surface area contributed by atoms with Crippen LogP contribution in [-0.2, 0) is 16.0 Å². The molecule has 0 radical (unpaired) electrons. The lowest BCUT2D eigenvalue weighted by Crippen LogP contribution is -2.26. The predicted molar refractivity (Wildman–Crippen MR) is 86.6 cm³/mol. The van der Waals surface area contributed by atoms with Gasteiger partial charge < -0.3 is 19.5 Å². The lowest BCUT2D eigenvalue weighted by Gasteiger charge is -2.12. The largest absolute Gasteiger partial charge is 0.493 e. The first kappa shape index (κ1) is 20.2. The second-order valence-electron chi connectivity index (χ2n) is 5.68. The topological polar surface area (TPSA) is 56.8 Å². The van der Waals surface area contributed by atoms with Crippen LogP contribution < -0.4 is 14.8 Å². The van der Waals surface area contributed by atoms with E-state index in [2.05, 4.69) is 10.1 Å². The summed E-state index contributed by atoms with van der Waals surface area (Å²) in [6.07, 6.45) is 0.803. The average Bonchev–Trinajstić information content (AvgIpc) is 2.51. The Balaban J connectivity index is 2.37. The first-order valence-electron chi connectivity index (χ1n) is 7.88. The second kappa shape index (κ2) is 10.8. The summed E-state index contributed by atoms with van der Waals surface area (Å²) in [4.78, 5) is 11.7. The molecule has 0 aromatic heterocycles. The summed E-state index contributed by atoms with van der Waals surface area (Å²) < 4.78 is 39.5. The number of halogens is 2. The summed E-state index contributed by atoms with van der Waals surface area (Å²) in [6, 6.07) is 4.80. The van der Waals surface area contributed by atoms with Crippen LogP contribution in [0, 0.1) is 5.92 Å². The highest BCUT2D eigenvalue weighted by Crippen LogP contribution is 2.29. The highest BCUT2D eigenvalue weighted by atomic mass is 19.3. The maximum Gasteiger partial charge on any atom is 0.387 e. The van der Waals surface area contributed by atoms with Gasteiger partial charge in [0.2, 0.25) is 5.91 Å². The van der Waals surface area contributed by atoms with E-state index in [9.17, 15) is 13.6 Å². The van der Waals surface area contributed by atoms with Crippen molar-refractivity contribution in [2.75, 3.05) is 26.9 Å². The molecule has 1 amide bonds. The third-order valence-corrected chi connectivity index (χ3v) is 3.10. The van der Waals surface area contributed by atoms with Crippen LogP contribution in [0.15, 0.2) is 18.2 Å². The number of benzene rings is 1. The smallest absolute Gasteiger partial charge is 0.387 e. The molecule has 24 heavy (non-hydrogen) atoms. The van der Waals surface area contributed by atoms with Gasteiger partial charge in [-0.15, -0.1) is 0 Å². The molecule has 0 aliphatic heterocycles. The average molecular weight is 345 g/mol. The number of carbonyl (C=O) groups is 1. The van der Waals surface area contributed by atoms with Gasteiger partial charge in [-0.3, -0.25) is 4.79 Å². The van der Waals surface area contributed by atoms with E-state index in [1.54, 1.807) is 12.1 Å². The summed E-state index contributed by atoms with van der Waals surface area (Å²) in [5.41, 5.74) is 0.766. The van der Waals surface area contributed by atoms with Crippen LogP contribution in [0.3, 0.4) is 0 Å². The van der Waals surface area contributed by atoms with Crippen LogP contribution in [0.5, 0.6) is 11.5 Å². The molecule has 0 bridgehead atoms. The van der Waals surface area contributed by atoms with Crippen molar-refractivity contribution >= 4 is 5.91 Å². The number of alkyl halides is 2. The van der Waals surface area contributed by atoms with E-state index in [-0.39, 0.29) is 17.4 Å². The zero-order chi connectivity index (χ0) is 17.9. The van der Waals surface area contributed by atoms with E-state index in [4.69, 9.17) is 9.47 Å². The van der Waals surface area contributed by atoms with E-state index >= 15 is 0 Å². The van der Waals surface area contributed by atoms with E-state index in [1.807, 2.05) is 13.8 Å². The summed E-state index contributed by atoms with van der Waals surface area (Å²) in [6.45, 7) is 2.59. The van der Waals surface area contributed by atoms with E-state index in [1.165, 1.54) is 13.2 Å². The Morgan fingerprint density at radius 1 is 1.25 bits per heavy atom. The number of nitrogens with one attached hydrogen (secondary N) is 1. The van der Waals surface area contributed by atoms with Crippen molar-refractivity contribution in [2.24, 2.45) is 5.92 Å². The first-order valence-corrected chi connectivity index (χ1v) is 7.88. The van der Waals surface area contributed by atoms with Crippen LogP contribution in [-0.4, -0.2) is 39.4 Å². The molecule has 0 aliphatic rings. The maximum atomic E-state index is 12.4. The van der Waals surface area contributed by atoms with E-state index < -0.39 is 6.61 Å². The van der Waals surface area contributed by atoms with Crippen molar-refractivity contribution in [3.8, 4) is 11.5 Å². The quantitative estimate of drug-likeness (QED) is 0.627. The van der Waals surface area contributed by atoms with E-state index in [0.29, 0.717) is 38.5 Å². The number of amides is 1. The van der Waals surface area contributed by atoms with Crippen molar-refractivity contribution in [2.45, 2.75) is 33.3 Å². The van der Waals surface area contributed by atoms with Crippen LogP contribution in [0.4, 0.5) is 8.78 Å². The fourth-order valence-corrected chi connectivity index (χ4v) is 1.98. The molecule has 0 atom stereocenters. The van der Waals surface area contributed by atoms with Gasteiger partial charge in [-0.25, -0.2) is 0 Å². The zero-order valence-electron chi connectivity index (χ0n) is 14.3. The molecule has 0 unspecified atom stereocenters. The molecule has 136 valence electrons. The minimum atomic E-state index is -2.92. The minimum Gasteiger partial charge on any atom is -0.493 e. The Labute approximate surface area is 141 Å². The van der Waals surface area contributed by atoms with Crippen LogP contribution >= 0.6 is 0 Å². The van der Waals surface area contributed by atoms with Gasteiger partial charge in [0.1, 0.15) is 0 Å². The summed E-state index contributed by atoms with van der Waals surface area (Å²) in [7, 11) is 1.38. The highest BCUT2D eigenvalue weighted by Gasteiger charge is 2.11. The molecular weight excluding hydrogens is 320 g/mol. The highest BCUT2D eigenvalue weighted by molar-refractivity contribution is 5.75. The molecule has 0 fully saturated rings. The van der Waals surface area contributed by atoms with Gasteiger partial charge in [-0.05, 0) is 30.0 Å². The van der Waals surface area contributed by atoms with Gasteiger partial charge in [0.25, 0.3) is 0 Å². The molecule has 0 heterocycles. The molecule has 1 rings (SSSR count). The Morgan fingerprint density at radius 3 is 2.62 bits per heavy atom. The third-order valence-electron chi connectivity index (χ3n) is 3.10. The molecular formula is C17H25F2NO4. The van der Waals surface area contributed by atoms with Crippen LogP contribution in [0.25, 0.3) is 0 Å². The van der Waals surface area contributed by atoms with Crippen molar-refractivity contribution in [3.05, 3.63) is 23.8 Å². The molecule has 1 aromatic carbocycles. The van der Waals surface area contributed by atoms with Crippen LogP contribution in [0.2, 0.25) is 0 Å². The normalized spacial score (nSPS) is 11.0. The van der Waals surface area contributed by atoms with Gasteiger partial charge in [0.15, 0.2) is 11.5 Å². The van der Waals surface area contributed by atoms with Gasteiger partial charge in [-0.2, -0.15) is 8.78 Å². The first-order chi connectivity index (χ1) is 11.4. The van der Waals surface area contributed by atoms with Crippen molar-refractivity contribution in [3.63, 3.8) is 0 Å². The Kier molecular flexibility index (Phi) is 9.07. The molecule has 7 heteroatoms. The number of methoxy groups -OCH3 is 1. The fourth-order valence-electron chi connectivity index (χ4n) is 1.98. The number of ether oxygens (including phenoxy) is 3. The Morgan fingerprint density at radius 2 is 2.00 bits per heavy atom. The molecule has 5 nitrogen and oxygen atoms in total. The van der Waals surface area contributed by atoms with Crippen molar-refractivity contribution < 1.29 is 27.8 Å². The molecule has 0 aliphatic carbocycles. The number of hydrogen-bond acceptors (Lipinski definition) is 4. The van der Waals surface area contributed by atoms with Crippen LogP contribution in [0.1, 0.15) is 25.8 Å². The second-order valence-corrected chi connectivity index (χ2v) is 5.68. The SMILES string of the molecule is COc1ccc(CCNC(=O)CCOCC(C)C)cc1OC(F)F. The van der Waals surface area contributed by atoms with Gasteiger partial charge in [0.05, 0.1) is 13.7 Å². The Hall–Kier alpha value is -1.89. The monoisotopic (exact) mass is 345 g/mol. The van der Waals surface area contributed by atoms with Crippen molar-refractivity contribution in [1.82, 2.24) is 5.32 Å². The van der Waals surface area contributed by atoms with E-state index in [0.717, 1.165) is 5.56 Å². The number of hydrogen-bond donors (Lipinski definition) is 1. The molecule has 1 aromatic rings. The summed E-state index contributed by atoms with van der Waals surface area (Å²) in [5.74, 6) is 0.563. The van der Waals surface area contributed by atoms with Gasteiger partial charge in [0, 0.05) is 19.6 Å². The fraction of sp³-hybridized carbons (Fsp3) is 0.588. The molecule has 0 saturated heterocycles. The molecule has 0 saturated carbocycles. The summed E-state index contributed by atoms with van der Waals surface area (Å²) >= 11 is 0. The zero-order valence-corrected chi connectivity index (χ0v) is 14.3. The molecule has 0 spiro atoms. The lowest BCUT2D eigenvalue weighted by molar-refractivity contribution is -0.122. The van der Waals surface area contributed by atoms with Crippen molar-refractivity contribution in [1.29, 1.82) is 0 Å².